The van der Waals surface area contributed by atoms with Crippen LogP contribution in [-0.4, -0.2) is 22.6 Å². The van der Waals surface area contributed by atoms with Crippen LogP contribution in [0.2, 0.25) is 0 Å². The molecule has 4 heteroatoms. The molecule has 0 aliphatic rings. The van der Waals surface area contributed by atoms with Crippen molar-refractivity contribution in [3.05, 3.63) is 23.4 Å². The first-order valence-corrected chi connectivity index (χ1v) is 7.03. The fourth-order valence-electron chi connectivity index (χ4n) is 2.05. The first-order chi connectivity index (χ1) is 9.08. The number of nitrogens with zero attached hydrogens (tertiary/aromatic N) is 1. The number of aromatic nitrogens is 1. The van der Waals surface area contributed by atoms with Crippen molar-refractivity contribution < 1.29 is 9.90 Å². The van der Waals surface area contributed by atoms with Crippen LogP contribution in [0.5, 0.6) is 0 Å². The van der Waals surface area contributed by atoms with Crippen LogP contribution in [0.25, 0.3) is 0 Å². The molecule has 0 saturated heterocycles. The van der Waals surface area contributed by atoms with Crippen LogP contribution in [0.3, 0.4) is 0 Å². The summed E-state index contributed by atoms with van der Waals surface area (Å²) in [7, 11) is 0. The van der Waals surface area contributed by atoms with Crippen molar-refractivity contribution in [1.29, 1.82) is 0 Å². The topological polar surface area (TPSA) is 62.2 Å². The highest BCUT2D eigenvalue weighted by Crippen LogP contribution is 2.17. The zero-order valence-electron chi connectivity index (χ0n) is 12.1. The normalized spacial score (nSPS) is 12.2. The van der Waals surface area contributed by atoms with Crippen molar-refractivity contribution in [2.45, 2.75) is 46.5 Å². The first kappa shape index (κ1) is 15.5. The number of anilines is 1. The first-order valence-electron chi connectivity index (χ1n) is 7.03. The monoisotopic (exact) mass is 264 g/mol. The van der Waals surface area contributed by atoms with E-state index >= 15 is 0 Å². The highest BCUT2D eigenvalue weighted by molar-refractivity contribution is 5.93. The van der Waals surface area contributed by atoms with Gasteiger partial charge in [-0.1, -0.05) is 33.1 Å². The molecule has 4 nitrogen and oxygen atoms in total. The molecule has 1 unspecified atom stereocenters. The van der Waals surface area contributed by atoms with Crippen LogP contribution in [0.15, 0.2) is 12.1 Å². The van der Waals surface area contributed by atoms with Gasteiger partial charge in [0.1, 0.15) is 11.4 Å². The van der Waals surface area contributed by atoms with Crippen molar-refractivity contribution in [3.63, 3.8) is 0 Å². The van der Waals surface area contributed by atoms with E-state index in [0.717, 1.165) is 18.7 Å². The van der Waals surface area contributed by atoms with Crippen LogP contribution >= 0.6 is 0 Å². The Bertz CT molecular complexity index is 419. The Morgan fingerprint density at radius 2 is 2.16 bits per heavy atom. The lowest BCUT2D eigenvalue weighted by atomic mass is 9.99. The maximum absolute atomic E-state index is 11.1. The van der Waals surface area contributed by atoms with Gasteiger partial charge in [0.15, 0.2) is 0 Å². The summed E-state index contributed by atoms with van der Waals surface area (Å²) in [6, 6.07) is 3.34. The Balaban J connectivity index is 2.70. The number of unbranched alkanes of at least 4 members (excludes halogenated alkanes) is 1. The molecule has 1 aromatic heterocycles. The third kappa shape index (κ3) is 4.89. The molecule has 1 aromatic rings. The third-order valence-electron chi connectivity index (χ3n) is 3.37. The second kappa shape index (κ2) is 7.77. The third-order valence-corrected chi connectivity index (χ3v) is 3.37. The van der Waals surface area contributed by atoms with E-state index in [1.807, 2.05) is 6.92 Å². The van der Waals surface area contributed by atoms with Gasteiger partial charge in [-0.3, -0.25) is 0 Å². The smallest absolute Gasteiger partial charge is 0.339 e. The van der Waals surface area contributed by atoms with E-state index in [1.165, 1.54) is 19.3 Å². The molecule has 0 bridgehead atoms. The van der Waals surface area contributed by atoms with E-state index in [2.05, 4.69) is 24.1 Å². The summed E-state index contributed by atoms with van der Waals surface area (Å²) in [6.07, 6.45) is 4.68. The van der Waals surface area contributed by atoms with E-state index in [4.69, 9.17) is 5.11 Å². The summed E-state index contributed by atoms with van der Waals surface area (Å²) < 4.78 is 0. The number of aryl methyl sites for hydroxylation is 1. The fraction of sp³-hybridized carbons (Fsp3) is 0.600. The van der Waals surface area contributed by atoms with E-state index in [9.17, 15) is 4.79 Å². The summed E-state index contributed by atoms with van der Waals surface area (Å²) in [4.78, 5) is 15.4. The Morgan fingerprint density at radius 3 is 2.74 bits per heavy atom. The number of hydrogen-bond acceptors (Lipinski definition) is 3. The zero-order chi connectivity index (χ0) is 14.3. The molecule has 0 radical (unpaired) electrons. The molecule has 0 saturated carbocycles. The Labute approximate surface area is 115 Å². The Kier molecular flexibility index (Phi) is 6.33. The van der Waals surface area contributed by atoms with Crippen molar-refractivity contribution in [1.82, 2.24) is 4.98 Å². The summed E-state index contributed by atoms with van der Waals surface area (Å²) in [5, 5.41) is 12.3. The number of nitrogens with one attached hydrogen (secondary N) is 1. The molecule has 0 aliphatic heterocycles. The predicted octanol–water partition coefficient (Wildman–Crippen LogP) is 3.72. The zero-order valence-corrected chi connectivity index (χ0v) is 12.1. The number of pyridine rings is 1. The summed E-state index contributed by atoms with van der Waals surface area (Å²) >= 11 is 0. The van der Waals surface area contributed by atoms with Crippen LogP contribution < -0.4 is 5.32 Å². The second-order valence-electron chi connectivity index (χ2n) is 4.95. The molecule has 0 aromatic carbocycles. The molecule has 19 heavy (non-hydrogen) atoms. The largest absolute Gasteiger partial charge is 0.478 e. The minimum Gasteiger partial charge on any atom is -0.478 e. The molecule has 1 rings (SSSR count). The van der Waals surface area contributed by atoms with Gasteiger partial charge < -0.3 is 10.4 Å². The van der Waals surface area contributed by atoms with Gasteiger partial charge >= 0.3 is 5.97 Å². The molecular formula is C15H24N2O2. The average molecular weight is 264 g/mol. The number of carbonyl (C=O) groups is 1. The average Bonchev–Trinajstić information content (AvgIpc) is 2.38. The molecule has 106 valence electrons. The van der Waals surface area contributed by atoms with Crippen molar-refractivity contribution in [2.75, 3.05) is 11.9 Å². The lowest BCUT2D eigenvalue weighted by Crippen LogP contribution is -2.17. The predicted molar refractivity (Wildman–Crippen MR) is 77.7 cm³/mol. The van der Waals surface area contributed by atoms with Crippen LogP contribution in [0.1, 0.15) is 55.6 Å². The quantitative estimate of drug-likeness (QED) is 0.751. The van der Waals surface area contributed by atoms with Gasteiger partial charge in [-0.05, 0) is 31.4 Å². The standard InChI is InChI=1S/C15H24N2O2/c1-4-6-7-12(5-2)10-16-14-13(15(18)19)9-8-11(3)17-14/h8-9,12H,4-7,10H2,1-3H3,(H,16,17)(H,18,19). The molecule has 1 atom stereocenters. The van der Waals surface area contributed by atoms with Gasteiger partial charge in [0.05, 0.1) is 0 Å². The van der Waals surface area contributed by atoms with Crippen molar-refractivity contribution in [3.8, 4) is 0 Å². The van der Waals surface area contributed by atoms with Gasteiger partial charge in [0.25, 0.3) is 0 Å². The molecule has 0 amide bonds. The summed E-state index contributed by atoms with van der Waals surface area (Å²) in [5.74, 6) is 0.128. The second-order valence-corrected chi connectivity index (χ2v) is 4.95. The fourth-order valence-corrected chi connectivity index (χ4v) is 2.05. The number of carboxylic acid groups (broad SMARTS) is 1. The van der Waals surface area contributed by atoms with Gasteiger partial charge in [-0.15, -0.1) is 0 Å². The van der Waals surface area contributed by atoms with Crippen LogP contribution in [0, 0.1) is 12.8 Å². The van der Waals surface area contributed by atoms with Gasteiger partial charge in [-0.25, -0.2) is 9.78 Å². The van der Waals surface area contributed by atoms with E-state index in [1.54, 1.807) is 12.1 Å². The van der Waals surface area contributed by atoms with Crippen molar-refractivity contribution in [2.24, 2.45) is 5.92 Å². The molecular weight excluding hydrogens is 240 g/mol. The van der Waals surface area contributed by atoms with Gasteiger partial charge in [0.2, 0.25) is 0 Å². The number of rotatable bonds is 8. The lowest BCUT2D eigenvalue weighted by molar-refractivity contribution is 0.0697. The Hall–Kier alpha value is -1.58. The minimum absolute atomic E-state index is 0.246. The lowest BCUT2D eigenvalue weighted by Gasteiger charge is -2.16. The highest BCUT2D eigenvalue weighted by Gasteiger charge is 2.13. The number of aromatic carboxylic acids is 1. The van der Waals surface area contributed by atoms with Crippen LogP contribution in [-0.2, 0) is 0 Å². The minimum atomic E-state index is -0.934. The number of carboxylic acids is 1. The van der Waals surface area contributed by atoms with Gasteiger partial charge in [-0.2, -0.15) is 0 Å². The van der Waals surface area contributed by atoms with Gasteiger partial charge in [0, 0.05) is 12.2 Å². The van der Waals surface area contributed by atoms with E-state index in [-0.39, 0.29) is 5.56 Å². The molecule has 0 aliphatic carbocycles. The number of hydrogen-bond donors (Lipinski definition) is 2. The van der Waals surface area contributed by atoms with Crippen LogP contribution in [0.4, 0.5) is 5.82 Å². The van der Waals surface area contributed by atoms with E-state index in [0.29, 0.717) is 11.7 Å². The molecule has 1 heterocycles. The molecule has 0 fully saturated rings. The molecule has 0 spiro atoms. The summed E-state index contributed by atoms with van der Waals surface area (Å²) in [5.41, 5.74) is 1.07. The molecule has 2 N–H and O–H groups in total. The van der Waals surface area contributed by atoms with E-state index < -0.39 is 5.97 Å². The summed E-state index contributed by atoms with van der Waals surface area (Å²) in [6.45, 7) is 7.01. The SMILES string of the molecule is CCCCC(CC)CNc1nc(C)ccc1C(=O)O. The highest BCUT2D eigenvalue weighted by atomic mass is 16.4. The maximum Gasteiger partial charge on any atom is 0.339 e. The Morgan fingerprint density at radius 1 is 1.42 bits per heavy atom. The van der Waals surface area contributed by atoms with Crippen molar-refractivity contribution >= 4 is 11.8 Å². The maximum atomic E-state index is 11.1.